The van der Waals surface area contributed by atoms with Gasteiger partial charge in [0.2, 0.25) is 0 Å². The maximum Gasteiger partial charge on any atom is 0.193 e. The molecule has 0 radical (unpaired) electrons. The van der Waals surface area contributed by atoms with Crippen LogP contribution < -0.4 is 14.9 Å². The Morgan fingerprint density at radius 1 is 0.941 bits per heavy atom. The fourth-order valence-electron chi connectivity index (χ4n) is 4.19. The molecule has 0 amide bonds. The lowest BCUT2D eigenvalue weighted by Gasteiger charge is -2.25. The highest BCUT2D eigenvalue weighted by Gasteiger charge is 2.23. The summed E-state index contributed by atoms with van der Waals surface area (Å²) < 4.78 is 15.2. The van der Waals surface area contributed by atoms with E-state index in [0.29, 0.717) is 41.2 Å². The van der Waals surface area contributed by atoms with Crippen molar-refractivity contribution in [2.75, 3.05) is 0 Å². The Balaban J connectivity index is 1.52. The fraction of sp³-hybridized carbons (Fsp3) is 0.0741. The summed E-state index contributed by atoms with van der Waals surface area (Å²) in [6, 6.07) is 17.2. The molecule has 34 heavy (non-hydrogen) atoms. The van der Waals surface area contributed by atoms with Gasteiger partial charge in [0.15, 0.2) is 16.9 Å². The summed E-state index contributed by atoms with van der Waals surface area (Å²) in [4.78, 5) is 21.9. The van der Waals surface area contributed by atoms with Gasteiger partial charge in [0.05, 0.1) is 11.1 Å². The average Bonchev–Trinajstić information content (AvgIpc) is 2.86. The van der Waals surface area contributed by atoms with Crippen molar-refractivity contribution in [2.45, 2.75) is 13.0 Å². The first-order chi connectivity index (χ1) is 16.7. The molecule has 1 aliphatic rings. The van der Waals surface area contributed by atoms with E-state index in [0.717, 1.165) is 26.8 Å². The van der Waals surface area contributed by atoms with Gasteiger partial charge in [-0.15, -0.1) is 0 Å². The molecule has 1 aliphatic heterocycles. The Morgan fingerprint density at radius 3 is 2.50 bits per heavy atom. The van der Waals surface area contributed by atoms with Crippen molar-refractivity contribution in [2.24, 2.45) is 0 Å². The largest absolute Gasteiger partial charge is 0.489 e. The number of halogens is 1. The van der Waals surface area contributed by atoms with Crippen LogP contribution in [0.1, 0.15) is 16.7 Å². The third kappa shape index (κ3) is 3.74. The molecule has 0 saturated heterocycles. The van der Waals surface area contributed by atoms with Crippen molar-refractivity contribution >= 4 is 26.8 Å². The van der Waals surface area contributed by atoms with Crippen molar-refractivity contribution in [1.29, 1.82) is 0 Å². The van der Waals surface area contributed by atoms with Gasteiger partial charge in [0.1, 0.15) is 17.9 Å². The van der Waals surface area contributed by atoms with Crippen molar-refractivity contribution in [1.82, 2.24) is 14.5 Å². The summed E-state index contributed by atoms with van der Waals surface area (Å²) in [7, 11) is 0. The standard InChI is InChI=1S/C27H18BrN3O3/c28-20-5-6-23-24(10-20)34-25-12-21(33-16-18-4-2-8-30-14-18)11-22-26(25)31(23)15-19(27(22)32)9-17-3-1-7-29-13-17/h1-8,10-15H,9,16H2. The first-order valence-electron chi connectivity index (χ1n) is 10.8. The Morgan fingerprint density at radius 2 is 1.74 bits per heavy atom. The van der Waals surface area contributed by atoms with Gasteiger partial charge >= 0.3 is 0 Å². The lowest BCUT2D eigenvalue weighted by Crippen LogP contribution is -2.17. The molecule has 4 heterocycles. The van der Waals surface area contributed by atoms with Crippen LogP contribution in [0.3, 0.4) is 0 Å². The summed E-state index contributed by atoms with van der Waals surface area (Å²) >= 11 is 3.53. The van der Waals surface area contributed by atoms with E-state index in [2.05, 4.69) is 25.9 Å². The molecule has 0 saturated carbocycles. The third-order valence-electron chi connectivity index (χ3n) is 5.76. The predicted octanol–water partition coefficient (Wildman–Crippen LogP) is 5.82. The van der Waals surface area contributed by atoms with E-state index in [1.165, 1.54) is 0 Å². The van der Waals surface area contributed by atoms with Gasteiger partial charge in [-0.3, -0.25) is 14.8 Å². The predicted molar refractivity (Wildman–Crippen MR) is 133 cm³/mol. The van der Waals surface area contributed by atoms with Crippen LogP contribution in [0.4, 0.5) is 0 Å². The Kier molecular flexibility index (Phi) is 5.11. The minimum absolute atomic E-state index is 0.0488. The summed E-state index contributed by atoms with van der Waals surface area (Å²) in [6.45, 7) is 0.338. The van der Waals surface area contributed by atoms with Crippen LogP contribution in [0.5, 0.6) is 17.2 Å². The molecule has 0 bridgehead atoms. The van der Waals surface area contributed by atoms with Crippen molar-refractivity contribution in [3.8, 4) is 22.9 Å². The number of hydrogen-bond donors (Lipinski definition) is 0. The molecule has 0 atom stereocenters. The van der Waals surface area contributed by atoms with Crippen LogP contribution in [0, 0.1) is 0 Å². The van der Waals surface area contributed by atoms with Gasteiger partial charge in [-0.1, -0.05) is 28.1 Å². The zero-order valence-electron chi connectivity index (χ0n) is 17.9. The molecule has 2 aromatic carbocycles. The summed E-state index contributed by atoms with van der Waals surface area (Å²) in [5, 5.41) is 0.550. The SMILES string of the molecule is O=c1c(Cc2cccnc2)cn2c3c(cc(OCc4cccnc4)cc13)Oc1cc(Br)ccc1-2. The molecule has 5 aromatic rings. The second-order valence-corrected chi connectivity index (χ2v) is 8.99. The molecule has 3 aromatic heterocycles. The van der Waals surface area contributed by atoms with Crippen LogP contribution in [0.15, 0.2) is 94.8 Å². The maximum absolute atomic E-state index is 13.6. The number of hydrogen-bond acceptors (Lipinski definition) is 5. The zero-order valence-corrected chi connectivity index (χ0v) is 19.5. The molecule has 6 rings (SSSR count). The van der Waals surface area contributed by atoms with Crippen LogP contribution in [-0.4, -0.2) is 14.5 Å². The highest BCUT2D eigenvalue weighted by atomic mass is 79.9. The van der Waals surface area contributed by atoms with Crippen molar-refractivity contribution in [3.05, 3.63) is 117 Å². The van der Waals surface area contributed by atoms with Gasteiger partial charge in [-0.05, 0) is 42.0 Å². The Bertz CT molecular complexity index is 1580. The third-order valence-corrected chi connectivity index (χ3v) is 6.25. The molecule has 0 aliphatic carbocycles. The minimum atomic E-state index is -0.0488. The number of ether oxygens (including phenoxy) is 2. The van der Waals surface area contributed by atoms with E-state index in [-0.39, 0.29) is 5.43 Å². The number of benzene rings is 2. The van der Waals surface area contributed by atoms with Gasteiger partial charge in [0.25, 0.3) is 0 Å². The molecule has 166 valence electrons. The number of fused-ring (bicyclic) bond motifs is 2. The average molecular weight is 512 g/mol. The van der Waals surface area contributed by atoms with E-state index in [9.17, 15) is 4.79 Å². The number of aromatic nitrogens is 3. The summed E-state index contributed by atoms with van der Waals surface area (Å²) in [6.07, 6.45) is 9.38. The van der Waals surface area contributed by atoms with Gasteiger partial charge in [0, 0.05) is 59.1 Å². The number of pyridine rings is 3. The Labute approximate surface area is 203 Å². The smallest absolute Gasteiger partial charge is 0.193 e. The fourth-order valence-corrected chi connectivity index (χ4v) is 4.53. The molecular formula is C27H18BrN3O3. The van der Waals surface area contributed by atoms with Crippen LogP contribution in [0.25, 0.3) is 16.6 Å². The van der Waals surface area contributed by atoms with E-state index in [1.54, 1.807) is 30.9 Å². The highest BCUT2D eigenvalue weighted by molar-refractivity contribution is 9.10. The summed E-state index contributed by atoms with van der Waals surface area (Å²) in [5.74, 6) is 1.84. The van der Waals surface area contributed by atoms with Crippen molar-refractivity contribution < 1.29 is 9.47 Å². The molecule has 7 heteroatoms. The van der Waals surface area contributed by atoms with Crippen LogP contribution in [0.2, 0.25) is 0 Å². The topological polar surface area (TPSA) is 66.2 Å². The lowest BCUT2D eigenvalue weighted by atomic mass is 10.0. The van der Waals surface area contributed by atoms with Crippen molar-refractivity contribution in [3.63, 3.8) is 0 Å². The molecule has 0 N–H and O–H groups in total. The van der Waals surface area contributed by atoms with E-state index >= 15 is 0 Å². The quantitative estimate of drug-likeness (QED) is 0.291. The summed E-state index contributed by atoms with van der Waals surface area (Å²) in [5.41, 5.74) is 4.13. The second kappa shape index (κ2) is 8.43. The van der Waals surface area contributed by atoms with E-state index in [1.807, 2.05) is 59.3 Å². The lowest BCUT2D eigenvalue weighted by molar-refractivity contribution is 0.304. The molecule has 6 nitrogen and oxygen atoms in total. The first kappa shape index (κ1) is 20.6. The second-order valence-electron chi connectivity index (χ2n) is 8.07. The highest BCUT2D eigenvalue weighted by Crippen LogP contribution is 2.42. The van der Waals surface area contributed by atoms with Gasteiger partial charge < -0.3 is 14.0 Å². The van der Waals surface area contributed by atoms with E-state index < -0.39 is 0 Å². The van der Waals surface area contributed by atoms with Crippen LogP contribution in [-0.2, 0) is 13.0 Å². The molecule has 0 fully saturated rings. The molecule has 0 unspecified atom stereocenters. The zero-order chi connectivity index (χ0) is 23.1. The Hall–Kier alpha value is -3.97. The number of nitrogens with zero attached hydrogens (tertiary/aromatic N) is 3. The van der Waals surface area contributed by atoms with Gasteiger partial charge in [-0.2, -0.15) is 0 Å². The normalized spacial score (nSPS) is 11.7. The first-order valence-corrected chi connectivity index (χ1v) is 11.6. The van der Waals surface area contributed by atoms with Gasteiger partial charge in [-0.25, -0.2) is 0 Å². The van der Waals surface area contributed by atoms with E-state index in [4.69, 9.17) is 9.47 Å². The molecule has 0 spiro atoms. The monoisotopic (exact) mass is 511 g/mol. The minimum Gasteiger partial charge on any atom is -0.489 e. The molecular weight excluding hydrogens is 494 g/mol. The van der Waals surface area contributed by atoms with Crippen LogP contribution >= 0.6 is 15.9 Å². The number of rotatable bonds is 5. The maximum atomic E-state index is 13.6.